The van der Waals surface area contributed by atoms with Gasteiger partial charge in [0.05, 0.1) is 31.9 Å². The average Bonchev–Trinajstić information content (AvgIpc) is 3.08. The molecule has 4 aromatic rings. The van der Waals surface area contributed by atoms with Gasteiger partial charge in [0, 0.05) is 20.0 Å². The number of carbonyl (C=O) groups is 2. The number of nitrogens with one attached hydrogen (secondary N) is 1. The number of hydrogen-bond donors (Lipinski definition) is 1. The predicted octanol–water partition coefficient (Wildman–Crippen LogP) is 4.29. The van der Waals surface area contributed by atoms with Crippen LogP contribution in [0.15, 0.2) is 108 Å². The number of anilines is 1. The fourth-order valence-electron chi connectivity index (χ4n) is 4.91. The van der Waals surface area contributed by atoms with Gasteiger partial charge in [-0.1, -0.05) is 54.6 Å². The van der Waals surface area contributed by atoms with E-state index in [1.165, 1.54) is 50.4 Å². The molecule has 0 heterocycles. The van der Waals surface area contributed by atoms with Crippen molar-refractivity contribution in [3.05, 3.63) is 114 Å². The Labute approximate surface area is 264 Å². The Morgan fingerprint density at radius 1 is 0.756 bits per heavy atom. The van der Waals surface area contributed by atoms with Gasteiger partial charge in [0.2, 0.25) is 11.8 Å². The van der Waals surface area contributed by atoms with Crippen molar-refractivity contribution in [1.29, 1.82) is 0 Å². The molecule has 1 N–H and O–H groups in total. The van der Waals surface area contributed by atoms with Gasteiger partial charge in [-0.25, -0.2) is 8.42 Å². The highest BCUT2D eigenvalue weighted by Crippen LogP contribution is 2.33. The van der Waals surface area contributed by atoms with E-state index in [4.69, 9.17) is 14.2 Å². The van der Waals surface area contributed by atoms with Crippen molar-refractivity contribution in [3.8, 4) is 17.2 Å². The zero-order valence-corrected chi connectivity index (χ0v) is 26.5. The minimum absolute atomic E-state index is 0.0172. The Morgan fingerprint density at radius 2 is 1.40 bits per heavy atom. The maximum absolute atomic E-state index is 14.5. The van der Waals surface area contributed by atoms with E-state index >= 15 is 0 Å². The van der Waals surface area contributed by atoms with Crippen LogP contribution >= 0.6 is 0 Å². The summed E-state index contributed by atoms with van der Waals surface area (Å²) in [6, 6.07) is 28.0. The van der Waals surface area contributed by atoms with Gasteiger partial charge in [-0.05, 0) is 59.7 Å². The van der Waals surface area contributed by atoms with E-state index in [2.05, 4.69) is 5.32 Å². The lowest BCUT2D eigenvalue weighted by Crippen LogP contribution is -2.53. The maximum atomic E-state index is 14.5. The predicted molar refractivity (Wildman–Crippen MR) is 172 cm³/mol. The highest BCUT2D eigenvalue weighted by atomic mass is 32.2. The number of para-hydroxylation sites is 2. The molecule has 0 fully saturated rings. The third kappa shape index (κ3) is 7.93. The normalized spacial score (nSPS) is 11.6. The van der Waals surface area contributed by atoms with Gasteiger partial charge in [-0.2, -0.15) is 0 Å². The van der Waals surface area contributed by atoms with Crippen LogP contribution in [0.25, 0.3) is 0 Å². The maximum Gasteiger partial charge on any atom is 0.264 e. The van der Waals surface area contributed by atoms with Crippen molar-refractivity contribution >= 4 is 27.5 Å². The number of rotatable bonds is 14. The summed E-state index contributed by atoms with van der Waals surface area (Å²) in [5, 5.41) is 2.68. The second kappa shape index (κ2) is 15.1. The van der Waals surface area contributed by atoms with Crippen LogP contribution in [0.3, 0.4) is 0 Å². The Hall–Kier alpha value is -5.03. The first-order valence-corrected chi connectivity index (χ1v) is 15.6. The second-order valence-corrected chi connectivity index (χ2v) is 11.9. The molecule has 236 valence electrons. The number of methoxy groups -OCH3 is 3. The Bertz CT molecular complexity index is 1700. The quantitative estimate of drug-likeness (QED) is 0.221. The van der Waals surface area contributed by atoms with Gasteiger partial charge in [0.15, 0.2) is 0 Å². The molecule has 11 heteroatoms. The topological polar surface area (TPSA) is 114 Å². The molecule has 4 rings (SSSR count). The zero-order chi connectivity index (χ0) is 32.4. The number of benzene rings is 4. The molecule has 0 saturated heterocycles. The largest absolute Gasteiger partial charge is 0.497 e. The van der Waals surface area contributed by atoms with E-state index in [0.29, 0.717) is 17.1 Å². The van der Waals surface area contributed by atoms with Crippen LogP contribution in [0.1, 0.15) is 11.1 Å². The number of nitrogens with zero attached hydrogens (tertiary/aromatic N) is 2. The van der Waals surface area contributed by atoms with Gasteiger partial charge < -0.3 is 24.4 Å². The molecule has 0 saturated carbocycles. The van der Waals surface area contributed by atoms with Crippen molar-refractivity contribution in [2.24, 2.45) is 0 Å². The number of sulfonamides is 1. The van der Waals surface area contributed by atoms with Gasteiger partial charge in [-0.15, -0.1) is 0 Å². The molecule has 0 radical (unpaired) electrons. The van der Waals surface area contributed by atoms with Crippen molar-refractivity contribution in [2.45, 2.75) is 23.9 Å². The fraction of sp³-hybridized carbons (Fsp3) is 0.235. The number of amides is 2. The molecule has 0 aliphatic heterocycles. The SMILES string of the molecule is CNC(=O)[C@@H](Cc1ccccc1)N(Cc1cccc(OC)c1)C(=O)CN(c1ccccc1OC)S(=O)(=O)c1ccc(OC)cc1. The van der Waals surface area contributed by atoms with Gasteiger partial charge >= 0.3 is 0 Å². The Kier molecular flexibility index (Phi) is 11.0. The van der Waals surface area contributed by atoms with E-state index in [9.17, 15) is 18.0 Å². The zero-order valence-electron chi connectivity index (χ0n) is 25.7. The van der Waals surface area contributed by atoms with Crippen LogP contribution in [0, 0.1) is 0 Å². The first-order chi connectivity index (χ1) is 21.7. The highest BCUT2D eigenvalue weighted by molar-refractivity contribution is 7.92. The summed E-state index contributed by atoms with van der Waals surface area (Å²) < 4.78 is 45.5. The number of ether oxygens (including phenoxy) is 3. The van der Waals surface area contributed by atoms with E-state index < -0.39 is 34.4 Å². The lowest BCUT2D eigenvalue weighted by Gasteiger charge is -2.34. The van der Waals surface area contributed by atoms with E-state index in [1.54, 1.807) is 49.6 Å². The van der Waals surface area contributed by atoms with Crippen LogP contribution in [0.5, 0.6) is 17.2 Å². The lowest BCUT2D eigenvalue weighted by molar-refractivity contribution is -0.139. The minimum atomic E-state index is -4.30. The van der Waals surface area contributed by atoms with Gasteiger partial charge in [0.25, 0.3) is 10.0 Å². The molecular formula is C34H37N3O7S. The molecule has 0 bridgehead atoms. The van der Waals surface area contributed by atoms with Crippen molar-refractivity contribution in [2.75, 3.05) is 39.2 Å². The van der Waals surface area contributed by atoms with Crippen LogP contribution in [0.4, 0.5) is 5.69 Å². The Morgan fingerprint density at radius 3 is 2.04 bits per heavy atom. The second-order valence-electron chi connectivity index (χ2n) is 10.1. The molecule has 0 unspecified atom stereocenters. The minimum Gasteiger partial charge on any atom is -0.497 e. The molecule has 0 aromatic heterocycles. The van der Waals surface area contributed by atoms with Crippen LogP contribution in [-0.2, 0) is 32.6 Å². The molecule has 4 aromatic carbocycles. The van der Waals surface area contributed by atoms with Crippen molar-refractivity contribution in [1.82, 2.24) is 10.2 Å². The number of carbonyl (C=O) groups excluding carboxylic acids is 2. The van der Waals surface area contributed by atoms with Gasteiger partial charge in [-0.3, -0.25) is 13.9 Å². The fourth-order valence-corrected chi connectivity index (χ4v) is 6.34. The summed E-state index contributed by atoms with van der Waals surface area (Å²) in [4.78, 5) is 29.2. The van der Waals surface area contributed by atoms with Gasteiger partial charge in [0.1, 0.15) is 29.8 Å². The monoisotopic (exact) mass is 631 g/mol. The number of hydrogen-bond acceptors (Lipinski definition) is 7. The standard InChI is InChI=1S/C34H37N3O7S/c1-35-34(39)31(22-25-11-6-5-7-12-25)36(23-26-13-10-14-28(21-26)43-3)33(38)24-37(30-15-8-9-16-32(30)44-4)45(40,41)29-19-17-27(42-2)18-20-29/h5-21,31H,22-24H2,1-4H3,(H,35,39)/t31-/m1/s1. The Balaban J connectivity index is 1.82. The molecule has 0 aliphatic rings. The van der Waals surface area contributed by atoms with Crippen LogP contribution in [0.2, 0.25) is 0 Å². The molecular weight excluding hydrogens is 594 g/mol. The summed E-state index contributed by atoms with van der Waals surface area (Å²) in [5.74, 6) is 0.334. The lowest BCUT2D eigenvalue weighted by atomic mass is 10.0. The summed E-state index contributed by atoms with van der Waals surface area (Å²) in [6.07, 6.45) is 0.204. The third-order valence-corrected chi connectivity index (χ3v) is 9.06. The molecule has 0 aliphatic carbocycles. The van der Waals surface area contributed by atoms with E-state index in [0.717, 1.165) is 9.87 Å². The summed E-state index contributed by atoms with van der Waals surface area (Å²) in [6.45, 7) is -0.593. The third-order valence-electron chi connectivity index (χ3n) is 7.28. The summed E-state index contributed by atoms with van der Waals surface area (Å²) in [5.41, 5.74) is 1.71. The molecule has 45 heavy (non-hydrogen) atoms. The van der Waals surface area contributed by atoms with E-state index in [-0.39, 0.29) is 29.3 Å². The average molecular weight is 632 g/mol. The first-order valence-electron chi connectivity index (χ1n) is 14.2. The molecule has 10 nitrogen and oxygen atoms in total. The first kappa shape index (κ1) is 32.9. The molecule has 1 atom stereocenters. The summed E-state index contributed by atoms with van der Waals surface area (Å²) in [7, 11) is 1.65. The molecule has 0 spiro atoms. The van der Waals surface area contributed by atoms with Crippen LogP contribution < -0.4 is 23.8 Å². The number of likely N-dealkylation sites (N-methyl/N-ethyl adjacent to an activating group) is 1. The summed E-state index contributed by atoms with van der Waals surface area (Å²) >= 11 is 0. The molecule has 2 amide bonds. The van der Waals surface area contributed by atoms with Crippen molar-refractivity contribution < 1.29 is 32.2 Å². The van der Waals surface area contributed by atoms with Crippen LogP contribution in [-0.4, -0.2) is 66.1 Å². The highest BCUT2D eigenvalue weighted by Gasteiger charge is 2.35. The van der Waals surface area contributed by atoms with E-state index in [1.807, 2.05) is 36.4 Å². The smallest absolute Gasteiger partial charge is 0.264 e. The van der Waals surface area contributed by atoms with Crippen molar-refractivity contribution in [3.63, 3.8) is 0 Å².